The number of amides is 1. The molecule has 4 heteroatoms. The summed E-state index contributed by atoms with van der Waals surface area (Å²) in [5.74, 6) is -0.0227. The van der Waals surface area contributed by atoms with Gasteiger partial charge in [0.05, 0.1) is 16.4 Å². The largest absolute Gasteiger partial charge is 0.397 e. The molecule has 1 fully saturated rings. The van der Waals surface area contributed by atoms with Gasteiger partial charge in [0, 0.05) is 5.92 Å². The Labute approximate surface area is 113 Å². The fourth-order valence-electron chi connectivity index (χ4n) is 2.72. The van der Waals surface area contributed by atoms with Crippen molar-refractivity contribution in [3.8, 4) is 0 Å². The van der Waals surface area contributed by atoms with Gasteiger partial charge in [0.25, 0.3) is 0 Å². The van der Waals surface area contributed by atoms with Crippen LogP contribution in [0.1, 0.15) is 27.7 Å². The van der Waals surface area contributed by atoms with Crippen LogP contribution in [0.15, 0.2) is 18.2 Å². The van der Waals surface area contributed by atoms with Crippen molar-refractivity contribution >= 4 is 28.9 Å². The molecular formula is C14H19ClN2O. The summed E-state index contributed by atoms with van der Waals surface area (Å²) in [5.41, 5.74) is 6.85. The van der Waals surface area contributed by atoms with E-state index in [1.54, 1.807) is 18.2 Å². The van der Waals surface area contributed by atoms with E-state index in [0.29, 0.717) is 16.4 Å². The van der Waals surface area contributed by atoms with E-state index in [2.05, 4.69) is 33.0 Å². The van der Waals surface area contributed by atoms with Crippen molar-refractivity contribution in [3.63, 3.8) is 0 Å². The van der Waals surface area contributed by atoms with Gasteiger partial charge in [0.1, 0.15) is 0 Å². The summed E-state index contributed by atoms with van der Waals surface area (Å²) < 4.78 is 0. The number of carbonyl (C=O) groups is 1. The highest BCUT2D eigenvalue weighted by Gasteiger charge is 2.68. The Morgan fingerprint density at radius 1 is 1.28 bits per heavy atom. The number of hydrogen-bond donors (Lipinski definition) is 2. The molecule has 1 amide bonds. The molecule has 0 radical (unpaired) electrons. The quantitative estimate of drug-likeness (QED) is 0.805. The maximum Gasteiger partial charge on any atom is 0.228 e. The molecule has 3 nitrogen and oxygen atoms in total. The first-order chi connectivity index (χ1) is 8.19. The fourth-order valence-corrected chi connectivity index (χ4v) is 2.95. The minimum Gasteiger partial charge on any atom is -0.397 e. The third-order valence-electron chi connectivity index (χ3n) is 4.58. The van der Waals surface area contributed by atoms with E-state index in [1.165, 1.54) is 0 Å². The maximum absolute atomic E-state index is 12.3. The first-order valence-corrected chi connectivity index (χ1v) is 6.42. The fraction of sp³-hybridized carbons (Fsp3) is 0.500. The molecule has 0 aromatic heterocycles. The molecule has 0 heterocycles. The van der Waals surface area contributed by atoms with E-state index in [4.69, 9.17) is 17.3 Å². The van der Waals surface area contributed by atoms with Crippen molar-refractivity contribution in [2.75, 3.05) is 11.1 Å². The van der Waals surface area contributed by atoms with Crippen molar-refractivity contribution in [1.29, 1.82) is 0 Å². The number of carbonyl (C=O) groups excluding carboxylic acids is 1. The lowest BCUT2D eigenvalue weighted by atomic mass is 10.0. The summed E-state index contributed by atoms with van der Waals surface area (Å²) in [6.45, 7) is 8.42. The van der Waals surface area contributed by atoms with Gasteiger partial charge in [-0.3, -0.25) is 4.79 Å². The number of nitrogens with two attached hydrogens (primary N) is 1. The van der Waals surface area contributed by atoms with E-state index in [9.17, 15) is 4.79 Å². The predicted molar refractivity (Wildman–Crippen MR) is 75.5 cm³/mol. The van der Waals surface area contributed by atoms with Gasteiger partial charge in [-0.25, -0.2) is 0 Å². The van der Waals surface area contributed by atoms with Crippen molar-refractivity contribution in [3.05, 3.63) is 23.2 Å². The summed E-state index contributed by atoms with van der Waals surface area (Å²) in [4.78, 5) is 12.3. The Hall–Kier alpha value is -1.22. The van der Waals surface area contributed by atoms with Gasteiger partial charge >= 0.3 is 0 Å². The minimum absolute atomic E-state index is 0.00705. The second-order valence-corrected chi connectivity index (χ2v) is 6.48. The third kappa shape index (κ3) is 1.77. The molecule has 0 bridgehead atoms. The van der Waals surface area contributed by atoms with Crippen molar-refractivity contribution in [1.82, 2.24) is 0 Å². The predicted octanol–water partition coefficient (Wildman–Crippen LogP) is 3.54. The number of para-hydroxylation sites is 1. The Morgan fingerprint density at radius 3 is 2.28 bits per heavy atom. The van der Waals surface area contributed by atoms with Crippen molar-refractivity contribution < 1.29 is 4.79 Å². The second-order valence-electron chi connectivity index (χ2n) is 6.07. The Kier molecular flexibility index (Phi) is 2.85. The van der Waals surface area contributed by atoms with E-state index in [0.717, 1.165) is 0 Å². The summed E-state index contributed by atoms with van der Waals surface area (Å²) >= 11 is 6.05. The molecule has 0 aliphatic heterocycles. The van der Waals surface area contributed by atoms with E-state index in [1.807, 2.05) is 0 Å². The zero-order chi connectivity index (χ0) is 13.7. The van der Waals surface area contributed by atoms with E-state index >= 15 is 0 Å². The number of nitrogen functional groups attached to an aromatic ring is 1. The average Bonchev–Trinajstić information content (AvgIpc) is 2.63. The molecular weight excluding hydrogens is 248 g/mol. The zero-order valence-corrected chi connectivity index (χ0v) is 11.9. The van der Waals surface area contributed by atoms with Crippen LogP contribution in [-0.2, 0) is 4.79 Å². The molecule has 1 aromatic rings. The number of anilines is 2. The summed E-state index contributed by atoms with van der Waals surface area (Å²) in [7, 11) is 0. The molecule has 1 aliphatic carbocycles. The first-order valence-electron chi connectivity index (χ1n) is 6.04. The molecule has 1 saturated carbocycles. The van der Waals surface area contributed by atoms with Gasteiger partial charge < -0.3 is 11.1 Å². The van der Waals surface area contributed by atoms with Gasteiger partial charge in [-0.15, -0.1) is 0 Å². The smallest absolute Gasteiger partial charge is 0.228 e. The lowest BCUT2D eigenvalue weighted by Crippen LogP contribution is -2.18. The van der Waals surface area contributed by atoms with Gasteiger partial charge in [-0.1, -0.05) is 45.4 Å². The third-order valence-corrected chi connectivity index (χ3v) is 4.89. The van der Waals surface area contributed by atoms with Crippen LogP contribution in [0.3, 0.4) is 0 Å². The van der Waals surface area contributed by atoms with Crippen LogP contribution >= 0.6 is 11.6 Å². The maximum atomic E-state index is 12.3. The number of nitrogens with one attached hydrogen (secondary N) is 1. The molecule has 0 unspecified atom stereocenters. The second kappa shape index (κ2) is 3.89. The van der Waals surface area contributed by atoms with Gasteiger partial charge in [-0.2, -0.15) is 0 Å². The first kappa shape index (κ1) is 13.2. The number of halogens is 1. The molecule has 3 N–H and O–H groups in total. The number of rotatable bonds is 2. The molecule has 0 spiro atoms. The highest BCUT2D eigenvalue weighted by molar-refractivity contribution is 6.34. The molecule has 0 saturated heterocycles. The lowest BCUT2D eigenvalue weighted by Gasteiger charge is -2.10. The Morgan fingerprint density at radius 2 is 1.83 bits per heavy atom. The summed E-state index contributed by atoms with van der Waals surface area (Å²) in [6.07, 6.45) is 0. The molecule has 1 aliphatic rings. The number of benzene rings is 1. The lowest BCUT2D eigenvalue weighted by molar-refractivity contribution is -0.118. The van der Waals surface area contributed by atoms with Gasteiger partial charge in [0.2, 0.25) is 5.91 Å². The topological polar surface area (TPSA) is 55.1 Å². The molecule has 1 aromatic carbocycles. The van der Waals surface area contributed by atoms with Crippen LogP contribution in [-0.4, -0.2) is 5.91 Å². The van der Waals surface area contributed by atoms with Crippen molar-refractivity contribution in [2.45, 2.75) is 27.7 Å². The minimum atomic E-state index is -0.0133. The normalized spacial score (nSPS) is 20.5. The molecule has 0 atom stereocenters. The number of hydrogen-bond acceptors (Lipinski definition) is 2. The molecule has 98 valence electrons. The average molecular weight is 267 g/mol. The molecule has 2 rings (SSSR count). The van der Waals surface area contributed by atoms with Crippen LogP contribution in [0.5, 0.6) is 0 Å². The van der Waals surface area contributed by atoms with Crippen molar-refractivity contribution in [2.24, 2.45) is 16.7 Å². The van der Waals surface area contributed by atoms with Gasteiger partial charge in [-0.05, 0) is 23.0 Å². The van der Waals surface area contributed by atoms with Crippen LogP contribution in [0.4, 0.5) is 11.4 Å². The highest BCUT2D eigenvalue weighted by atomic mass is 35.5. The zero-order valence-electron chi connectivity index (χ0n) is 11.2. The van der Waals surface area contributed by atoms with Crippen LogP contribution in [0.2, 0.25) is 5.02 Å². The Balaban J connectivity index is 2.20. The van der Waals surface area contributed by atoms with Crippen LogP contribution in [0, 0.1) is 16.7 Å². The highest BCUT2D eigenvalue weighted by Crippen LogP contribution is 2.68. The van der Waals surface area contributed by atoms with Crippen LogP contribution < -0.4 is 11.1 Å². The van der Waals surface area contributed by atoms with Gasteiger partial charge in [0.15, 0.2) is 0 Å². The summed E-state index contributed by atoms with van der Waals surface area (Å²) in [5, 5.41) is 3.33. The summed E-state index contributed by atoms with van der Waals surface area (Å²) in [6, 6.07) is 5.21. The van der Waals surface area contributed by atoms with Crippen LogP contribution in [0.25, 0.3) is 0 Å². The monoisotopic (exact) mass is 266 g/mol. The van der Waals surface area contributed by atoms with E-state index < -0.39 is 0 Å². The van der Waals surface area contributed by atoms with E-state index in [-0.39, 0.29) is 22.7 Å². The standard InChI is InChI=1S/C14H19ClN2O/c1-13(2)11(14(13,3)4)12(18)17-10-8(15)6-5-7-9(10)16/h5-7,11H,16H2,1-4H3,(H,17,18). The molecule has 18 heavy (non-hydrogen) atoms. The Bertz CT molecular complexity index is 474. The SMILES string of the molecule is CC1(C)C(C(=O)Nc2c(N)cccc2Cl)C1(C)C.